The zero-order valence-corrected chi connectivity index (χ0v) is 22.5. The van der Waals surface area contributed by atoms with Crippen molar-refractivity contribution >= 4 is 51.4 Å². The summed E-state index contributed by atoms with van der Waals surface area (Å²) in [5.74, 6) is 1.63. The molecule has 0 aliphatic carbocycles. The molecule has 0 aromatic heterocycles. The van der Waals surface area contributed by atoms with E-state index in [0.717, 1.165) is 5.04 Å². The molecule has 1 amide bonds. The molecule has 2 aromatic rings. The summed E-state index contributed by atoms with van der Waals surface area (Å²) in [5.41, 5.74) is 0.674. The first-order valence-electron chi connectivity index (χ1n) is 11.7. The minimum Gasteiger partial charge on any atom is -0.493 e. The van der Waals surface area contributed by atoms with Crippen molar-refractivity contribution in [3.05, 3.63) is 52.6 Å². The van der Waals surface area contributed by atoms with Crippen LogP contribution in [0.15, 0.2) is 52.1 Å². The largest absolute Gasteiger partial charge is 0.493 e. The average molecular weight is 543 g/mol. The summed E-state index contributed by atoms with van der Waals surface area (Å²) in [7, 11) is 1.58. The molecule has 2 aliphatic heterocycles. The number of aliphatic imine (C=N–C) groups is 1. The molecule has 0 saturated carbocycles. The smallest absolute Gasteiger partial charge is 0.283 e. The second-order valence-corrected chi connectivity index (χ2v) is 9.62. The zero-order valence-electron chi connectivity index (χ0n) is 20.9. The van der Waals surface area contributed by atoms with Crippen LogP contribution in [-0.2, 0) is 4.79 Å². The molecule has 11 heteroatoms. The fraction of sp³-hybridized carbons (Fsp3) is 0.308. The van der Waals surface area contributed by atoms with E-state index in [1.54, 1.807) is 25.3 Å². The molecule has 0 fully saturated rings. The first-order chi connectivity index (χ1) is 17.8. The Balaban J connectivity index is 1.52. The van der Waals surface area contributed by atoms with Crippen molar-refractivity contribution in [1.82, 2.24) is 5.01 Å². The Morgan fingerprint density at radius 1 is 1.11 bits per heavy atom. The maximum Gasteiger partial charge on any atom is 0.283 e. The van der Waals surface area contributed by atoms with Gasteiger partial charge in [-0.05, 0) is 54.6 Å². The first-order valence-corrected chi connectivity index (χ1v) is 12.9. The van der Waals surface area contributed by atoms with Crippen LogP contribution in [0.2, 0.25) is 5.02 Å². The number of nitrogens with one attached hydrogen (secondary N) is 1. The number of nitrogens with zero attached hydrogens (tertiary/aromatic N) is 3. The number of amides is 1. The molecule has 0 saturated heterocycles. The monoisotopic (exact) mass is 542 g/mol. The van der Waals surface area contributed by atoms with Gasteiger partial charge >= 0.3 is 0 Å². The van der Waals surface area contributed by atoms with E-state index < -0.39 is 5.91 Å². The van der Waals surface area contributed by atoms with Gasteiger partial charge in [0.2, 0.25) is 5.17 Å². The molecular weight excluding hydrogens is 516 g/mol. The summed E-state index contributed by atoms with van der Waals surface area (Å²) in [6.07, 6.45) is 1.56. The van der Waals surface area contributed by atoms with Gasteiger partial charge in [-0.3, -0.25) is 10.2 Å². The number of halogens is 1. The Kier molecular flexibility index (Phi) is 8.40. The molecule has 2 aliphatic rings. The van der Waals surface area contributed by atoms with E-state index in [0.29, 0.717) is 45.4 Å². The van der Waals surface area contributed by atoms with Gasteiger partial charge < -0.3 is 18.9 Å². The average Bonchev–Trinajstić information content (AvgIpc) is 3.30. The Hall–Kier alpha value is -3.50. The molecule has 194 valence electrons. The van der Waals surface area contributed by atoms with Gasteiger partial charge in [-0.2, -0.15) is 15.1 Å². The lowest BCUT2D eigenvalue weighted by atomic mass is 10.1. The van der Waals surface area contributed by atoms with Gasteiger partial charge in [0.25, 0.3) is 5.91 Å². The highest BCUT2D eigenvalue weighted by molar-refractivity contribution is 8.27. The molecule has 9 nitrogen and oxygen atoms in total. The highest BCUT2D eigenvalue weighted by Gasteiger charge is 2.36. The lowest BCUT2D eigenvalue weighted by molar-refractivity contribution is -0.114. The summed E-state index contributed by atoms with van der Waals surface area (Å²) < 4.78 is 22.7. The Morgan fingerprint density at radius 2 is 1.84 bits per heavy atom. The fourth-order valence-electron chi connectivity index (χ4n) is 3.51. The van der Waals surface area contributed by atoms with Crippen LogP contribution < -0.4 is 18.9 Å². The number of benzene rings is 2. The van der Waals surface area contributed by atoms with E-state index in [4.69, 9.17) is 36.0 Å². The molecule has 2 heterocycles. The number of carbonyl (C=O) groups excluding carboxylic acids is 1. The van der Waals surface area contributed by atoms with Crippen molar-refractivity contribution in [2.75, 3.05) is 26.9 Å². The van der Waals surface area contributed by atoms with E-state index in [9.17, 15) is 4.79 Å². The van der Waals surface area contributed by atoms with Crippen LogP contribution >= 0.6 is 23.4 Å². The number of hydrogen-bond acceptors (Lipinski definition) is 8. The van der Waals surface area contributed by atoms with Gasteiger partial charge in [0.15, 0.2) is 28.8 Å². The van der Waals surface area contributed by atoms with Crippen molar-refractivity contribution in [2.45, 2.75) is 20.8 Å². The molecule has 0 bridgehead atoms. The van der Waals surface area contributed by atoms with Crippen molar-refractivity contribution in [3.63, 3.8) is 0 Å². The number of hydrogen-bond donors (Lipinski definition) is 1. The number of carbonyl (C=O) groups is 1. The first kappa shape index (κ1) is 26.6. The van der Waals surface area contributed by atoms with E-state index in [-0.39, 0.29) is 30.5 Å². The Bertz CT molecular complexity index is 1310. The topological polar surface area (TPSA) is 106 Å². The molecule has 2 aromatic carbocycles. The summed E-state index contributed by atoms with van der Waals surface area (Å²) in [6.45, 7) is 6.69. The number of methoxy groups -OCH3 is 1. The Morgan fingerprint density at radius 3 is 2.54 bits per heavy atom. The minimum absolute atomic E-state index is 0.0407. The maximum absolute atomic E-state index is 12.7. The van der Waals surface area contributed by atoms with Crippen LogP contribution in [0.25, 0.3) is 6.08 Å². The zero-order chi connectivity index (χ0) is 26.5. The number of amidine groups is 2. The number of ether oxygens (including phenoxy) is 4. The number of rotatable bonds is 10. The molecule has 0 spiro atoms. The van der Waals surface area contributed by atoms with Gasteiger partial charge in [0, 0.05) is 5.92 Å². The van der Waals surface area contributed by atoms with Gasteiger partial charge in [0.1, 0.15) is 18.3 Å². The van der Waals surface area contributed by atoms with Gasteiger partial charge in [-0.25, -0.2) is 0 Å². The number of fused-ring (bicyclic) bond motifs is 1. The van der Waals surface area contributed by atoms with E-state index in [2.05, 4.69) is 10.1 Å². The summed E-state index contributed by atoms with van der Waals surface area (Å²) in [6, 6.07) is 10.7. The summed E-state index contributed by atoms with van der Waals surface area (Å²) in [4.78, 5) is 16.9. The molecule has 37 heavy (non-hydrogen) atoms. The highest BCUT2D eigenvalue weighted by Crippen LogP contribution is 2.38. The maximum atomic E-state index is 12.7. The third-order valence-electron chi connectivity index (χ3n) is 5.26. The summed E-state index contributed by atoms with van der Waals surface area (Å²) in [5, 5.41) is 15.9. The third-order valence-corrected chi connectivity index (χ3v) is 6.75. The minimum atomic E-state index is -0.508. The standard InChI is InChI=1S/C26H27ClN4O5S/c1-5-34-21-14-16(12-17-23(28)31-26(29-24(17)32)37-25(30-31)15(2)3)13-18(27)22(21)36-11-10-35-20-9-7-6-8-19(20)33-4/h6-9,12-15,28H,5,10-11H2,1-4H3/b17-12-,28-23?. The van der Waals surface area contributed by atoms with E-state index >= 15 is 0 Å². The van der Waals surface area contributed by atoms with Crippen molar-refractivity contribution in [1.29, 1.82) is 5.41 Å². The summed E-state index contributed by atoms with van der Waals surface area (Å²) >= 11 is 7.85. The SMILES string of the molecule is CCOc1cc(/C=C2/C(=N)N3N=C(C(C)C)SC3=NC2=O)cc(Cl)c1OCCOc1ccccc1OC. The van der Waals surface area contributed by atoms with E-state index in [1.165, 1.54) is 16.8 Å². The normalized spacial score (nSPS) is 16.1. The highest BCUT2D eigenvalue weighted by atomic mass is 35.5. The lowest BCUT2D eigenvalue weighted by Crippen LogP contribution is -2.35. The Labute approximate surface area is 224 Å². The van der Waals surface area contributed by atoms with Crippen molar-refractivity contribution < 1.29 is 23.7 Å². The van der Waals surface area contributed by atoms with Gasteiger partial charge in [-0.15, -0.1) is 0 Å². The van der Waals surface area contributed by atoms with Crippen LogP contribution in [0.3, 0.4) is 0 Å². The lowest BCUT2D eigenvalue weighted by Gasteiger charge is -2.20. The molecule has 4 rings (SSSR count). The van der Waals surface area contributed by atoms with Crippen molar-refractivity contribution in [2.24, 2.45) is 16.0 Å². The molecule has 0 atom stereocenters. The van der Waals surface area contributed by atoms with Crippen LogP contribution in [0.4, 0.5) is 0 Å². The van der Waals surface area contributed by atoms with Gasteiger partial charge in [0.05, 0.1) is 24.3 Å². The second kappa shape index (κ2) is 11.7. The number of para-hydroxylation sites is 2. The number of thioether (sulfide) groups is 1. The third kappa shape index (κ3) is 5.91. The molecule has 0 unspecified atom stereocenters. The quantitative estimate of drug-likeness (QED) is 0.313. The predicted molar refractivity (Wildman–Crippen MR) is 146 cm³/mol. The molecular formula is C26H27ClN4O5S. The van der Waals surface area contributed by atoms with Crippen LogP contribution in [-0.4, -0.2) is 53.9 Å². The van der Waals surface area contributed by atoms with Crippen LogP contribution in [0, 0.1) is 11.3 Å². The predicted octanol–water partition coefficient (Wildman–Crippen LogP) is 5.48. The van der Waals surface area contributed by atoms with Crippen LogP contribution in [0.5, 0.6) is 23.0 Å². The van der Waals surface area contributed by atoms with E-state index in [1.807, 2.05) is 45.0 Å². The molecule has 1 N–H and O–H groups in total. The van der Waals surface area contributed by atoms with Crippen LogP contribution in [0.1, 0.15) is 26.3 Å². The fourth-order valence-corrected chi connectivity index (χ4v) is 4.68. The van der Waals surface area contributed by atoms with Crippen molar-refractivity contribution in [3.8, 4) is 23.0 Å². The second-order valence-electron chi connectivity index (χ2n) is 8.22. The van der Waals surface area contributed by atoms with Gasteiger partial charge in [-0.1, -0.05) is 37.6 Å². The number of hydrazone groups is 1. The molecule has 0 radical (unpaired) electrons.